The van der Waals surface area contributed by atoms with Crippen molar-refractivity contribution in [3.05, 3.63) is 57.4 Å². The van der Waals surface area contributed by atoms with E-state index in [1.54, 1.807) is 12.5 Å². The molecule has 4 heteroatoms. The van der Waals surface area contributed by atoms with E-state index in [4.69, 9.17) is 16.0 Å². The van der Waals surface area contributed by atoms with Crippen LogP contribution in [0.25, 0.3) is 0 Å². The van der Waals surface area contributed by atoms with E-state index in [0.29, 0.717) is 0 Å². The van der Waals surface area contributed by atoms with Crippen LogP contribution in [0, 0.1) is 0 Å². The molecule has 1 aromatic carbocycles. The highest BCUT2D eigenvalue weighted by atomic mass is 79.9. The molecule has 1 aromatic heterocycles. The van der Waals surface area contributed by atoms with Crippen molar-refractivity contribution in [1.82, 2.24) is 5.32 Å². The summed E-state index contributed by atoms with van der Waals surface area (Å²) in [6, 6.07) is 8.14. The van der Waals surface area contributed by atoms with Crippen molar-refractivity contribution in [3.8, 4) is 0 Å². The summed E-state index contributed by atoms with van der Waals surface area (Å²) in [5.41, 5.74) is 2.39. The number of rotatable bonds is 5. The summed E-state index contributed by atoms with van der Waals surface area (Å²) in [5.74, 6) is 0. The first kappa shape index (κ1) is 13.7. The Kier molecular flexibility index (Phi) is 4.87. The van der Waals surface area contributed by atoms with Crippen LogP contribution in [-0.4, -0.2) is 6.54 Å². The molecule has 0 aliphatic heterocycles. The van der Waals surface area contributed by atoms with Gasteiger partial charge >= 0.3 is 0 Å². The van der Waals surface area contributed by atoms with Gasteiger partial charge in [0, 0.05) is 15.5 Å². The lowest BCUT2D eigenvalue weighted by Gasteiger charge is -2.19. The second-order valence-electron chi connectivity index (χ2n) is 4.11. The van der Waals surface area contributed by atoms with E-state index in [2.05, 4.69) is 34.2 Å². The predicted molar refractivity (Wildman–Crippen MR) is 78.0 cm³/mol. The van der Waals surface area contributed by atoms with E-state index in [1.165, 1.54) is 11.1 Å². The number of hydrogen-bond acceptors (Lipinski definition) is 2. The molecule has 1 heterocycles. The van der Waals surface area contributed by atoms with Crippen LogP contribution in [0.4, 0.5) is 0 Å². The zero-order chi connectivity index (χ0) is 13.0. The topological polar surface area (TPSA) is 25.2 Å². The molecule has 2 aromatic rings. The molecule has 0 aliphatic rings. The molecule has 96 valence electrons. The van der Waals surface area contributed by atoms with Crippen LogP contribution in [0.1, 0.15) is 24.1 Å². The number of benzene rings is 1. The van der Waals surface area contributed by atoms with Gasteiger partial charge in [-0.3, -0.25) is 0 Å². The van der Waals surface area contributed by atoms with Crippen molar-refractivity contribution in [3.63, 3.8) is 0 Å². The average molecular weight is 329 g/mol. The van der Waals surface area contributed by atoms with Crippen LogP contribution in [0.3, 0.4) is 0 Å². The normalized spacial score (nSPS) is 12.6. The van der Waals surface area contributed by atoms with Crippen molar-refractivity contribution < 1.29 is 4.42 Å². The molecule has 0 amide bonds. The number of nitrogens with one attached hydrogen (secondary N) is 1. The molecule has 0 aliphatic carbocycles. The van der Waals surface area contributed by atoms with E-state index in [1.807, 2.05) is 18.2 Å². The largest absolute Gasteiger partial charge is 0.472 e. The summed E-state index contributed by atoms with van der Waals surface area (Å²) in [6.45, 7) is 3.02. The van der Waals surface area contributed by atoms with Gasteiger partial charge in [0.05, 0.1) is 12.5 Å². The molecule has 2 nitrogen and oxygen atoms in total. The second-order valence-corrected chi connectivity index (χ2v) is 5.40. The molecule has 0 radical (unpaired) electrons. The van der Waals surface area contributed by atoms with Gasteiger partial charge in [-0.15, -0.1) is 0 Å². The lowest BCUT2D eigenvalue weighted by atomic mass is 10.0. The molecule has 0 spiro atoms. The fraction of sp³-hybridized carbons (Fsp3) is 0.286. The van der Waals surface area contributed by atoms with Gasteiger partial charge in [-0.25, -0.2) is 0 Å². The third-order valence-corrected chi connectivity index (χ3v) is 3.73. The van der Waals surface area contributed by atoms with Gasteiger partial charge in [0.1, 0.15) is 0 Å². The van der Waals surface area contributed by atoms with Gasteiger partial charge in [0.2, 0.25) is 0 Å². The van der Waals surface area contributed by atoms with E-state index >= 15 is 0 Å². The predicted octanol–water partition coefficient (Wildman–Crippen LogP) is 4.59. The fourth-order valence-electron chi connectivity index (χ4n) is 1.97. The van der Waals surface area contributed by atoms with Gasteiger partial charge in [-0.1, -0.05) is 40.5 Å². The van der Waals surface area contributed by atoms with E-state index in [-0.39, 0.29) is 6.04 Å². The third kappa shape index (κ3) is 3.37. The lowest BCUT2D eigenvalue weighted by Crippen LogP contribution is -2.23. The van der Waals surface area contributed by atoms with Crippen LogP contribution >= 0.6 is 27.5 Å². The maximum absolute atomic E-state index is 5.98. The SMILES string of the molecule is CCNC(Cc1ccoc1)c1ccc(Cl)cc1Br. The number of hydrogen-bond donors (Lipinski definition) is 1. The molecule has 0 saturated carbocycles. The second kappa shape index (κ2) is 6.41. The molecular formula is C14H15BrClNO. The molecular weight excluding hydrogens is 314 g/mol. The summed E-state index contributed by atoms with van der Waals surface area (Å²) in [7, 11) is 0. The van der Waals surface area contributed by atoms with Gasteiger partial charge in [-0.2, -0.15) is 0 Å². The minimum atomic E-state index is 0.249. The Labute approximate surface area is 120 Å². The minimum absolute atomic E-state index is 0.249. The van der Waals surface area contributed by atoms with E-state index in [9.17, 15) is 0 Å². The van der Waals surface area contributed by atoms with Crippen LogP contribution in [0.5, 0.6) is 0 Å². The first-order valence-corrected chi connectivity index (χ1v) is 7.07. The molecule has 1 N–H and O–H groups in total. The van der Waals surface area contributed by atoms with Crippen LogP contribution in [0.2, 0.25) is 5.02 Å². The molecule has 1 atom stereocenters. The highest BCUT2D eigenvalue weighted by Crippen LogP contribution is 2.28. The smallest absolute Gasteiger partial charge is 0.0935 e. The van der Waals surface area contributed by atoms with Crippen molar-refractivity contribution in [2.45, 2.75) is 19.4 Å². The van der Waals surface area contributed by atoms with Gasteiger partial charge in [0.15, 0.2) is 0 Å². The van der Waals surface area contributed by atoms with Crippen LogP contribution in [-0.2, 0) is 6.42 Å². The fourth-order valence-corrected chi connectivity index (χ4v) is 2.93. The van der Waals surface area contributed by atoms with Gasteiger partial charge in [-0.05, 0) is 42.3 Å². The summed E-state index contributed by atoms with van der Waals surface area (Å²) < 4.78 is 6.15. The van der Waals surface area contributed by atoms with Crippen molar-refractivity contribution in [2.75, 3.05) is 6.54 Å². The highest BCUT2D eigenvalue weighted by Gasteiger charge is 2.15. The zero-order valence-corrected chi connectivity index (χ0v) is 12.5. The zero-order valence-electron chi connectivity index (χ0n) is 10.1. The first-order valence-electron chi connectivity index (χ1n) is 5.90. The molecule has 18 heavy (non-hydrogen) atoms. The molecule has 0 bridgehead atoms. The number of furan rings is 1. The van der Waals surface area contributed by atoms with E-state index in [0.717, 1.165) is 22.5 Å². The Morgan fingerprint density at radius 2 is 2.22 bits per heavy atom. The summed E-state index contributed by atoms with van der Waals surface area (Å²) >= 11 is 9.55. The summed E-state index contributed by atoms with van der Waals surface area (Å²) in [6.07, 6.45) is 4.38. The maximum Gasteiger partial charge on any atom is 0.0935 e. The monoisotopic (exact) mass is 327 g/mol. The molecule has 2 rings (SSSR count). The van der Waals surface area contributed by atoms with Crippen LogP contribution < -0.4 is 5.32 Å². The molecule has 1 unspecified atom stereocenters. The quantitative estimate of drug-likeness (QED) is 0.868. The molecule has 0 saturated heterocycles. The Balaban J connectivity index is 2.23. The van der Waals surface area contributed by atoms with Crippen molar-refractivity contribution in [2.24, 2.45) is 0 Å². The minimum Gasteiger partial charge on any atom is -0.472 e. The molecule has 0 fully saturated rings. The Morgan fingerprint density at radius 1 is 1.39 bits per heavy atom. The first-order chi connectivity index (χ1) is 8.70. The van der Waals surface area contributed by atoms with Crippen molar-refractivity contribution >= 4 is 27.5 Å². The third-order valence-electron chi connectivity index (χ3n) is 2.81. The summed E-state index contributed by atoms with van der Waals surface area (Å²) in [5, 5.41) is 4.22. The lowest BCUT2D eigenvalue weighted by molar-refractivity contribution is 0.533. The van der Waals surface area contributed by atoms with Crippen LogP contribution in [0.15, 0.2) is 45.7 Å². The van der Waals surface area contributed by atoms with Crippen molar-refractivity contribution in [1.29, 1.82) is 0 Å². The van der Waals surface area contributed by atoms with E-state index < -0.39 is 0 Å². The Bertz CT molecular complexity index is 499. The van der Waals surface area contributed by atoms with Gasteiger partial charge < -0.3 is 9.73 Å². The average Bonchev–Trinajstić information content (AvgIpc) is 2.81. The van der Waals surface area contributed by atoms with Gasteiger partial charge in [0.25, 0.3) is 0 Å². The Hall–Kier alpha value is -0.770. The standard InChI is InChI=1S/C14H15BrClNO/c1-2-17-14(7-10-5-6-18-9-10)12-4-3-11(16)8-13(12)15/h3-6,8-9,14,17H,2,7H2,1H3. The summed E-state index contributed by atoms with van der Waals surface area (Å²) in [4.78, 5) is 0. The number of halogens is 2. The highest BCUT2D eigenvalue weighted by molar-refractivity contribution is 9.10. The maximum atomic E-state index is 5.98. The Morgan fingerprint density at radius 3 is 2.83 bits per heavy atom. The number of likely N-dealkylation sites (N-methyl/N-ethyl adjacent to an activating group) is 1.